The van der Waals surface area contributed by atoms with Gasteiger partial charge in [0.1, 0.15) is 12.4 Å². The smallest absolute Gasteiger partial charge is 0.291 e. The molecule has 4 aromatic rings. The highest BCUT2D eigenvalue weighted by atomic mass is 32.1. The average Bonchev–Trinajstić information content (AvgIpc) is 3.34. The molecular formula is C23H21N3O4S. The fourth-order valence-electron chi connectivity index (χ4n) is 3.33. The van der Waals surface area contributed by atoms with E-state index in [1.54, 1.807) is 0 Å². The molecule has 1 aliphatic rings. The molecule has 158 valence electrons. The Morgan fingerprint density at radius 2 is 2.00 bits per heavy atom. The largest absolute Gasteiger partial charge is 0.493 e. The van der Waals surface area contributed by atoms with E-state index in [1.807, 2.05) is 54.6 Å². The molecule has 1 atom stereocenters. The zero-order valence-electron chi connectivity index (χ0n) is 17.0. The molecule has 0 fully saturated rings. The molecule has 2 aromatic heterocycles. The van der Waals surface area contributed by atoms with Gasteiger partial charge >= 0.3 is 0 Å². The van der Waals surface area contributed by atoms with Crippen LogP contribution in [0.15, 0.2) is 53.3 Å². The zero-order chi connectivity index (χ0) is 21.2. The molecule has 3 heterocycles. The van der Waals surface area contributed by atoms with Crippen molar-refractivity contribution in [1.82, 2.24) is 14.6 Å². The lowest BCUT2D eigenvalue weighted by Crippen LogP contribution is -2.26. The maximum Gasteiger partial charge on any atom is 0.291 e. The van der Waals surface area contributed by atoms with Crippen LogP contribution in [0, 0.1) is 0 Å². The number of hydrogen-bond acceptors (Lipinski definition) is 7. The number of fused-ring (bicyclic) bond motifs is 2. The predicted octanol–water partition coefficient (Wildman–Crippen LogP) is 3.39. The lowest BCUT2D eigenvalue weighted by atomic mass is 10.2. The highest BCUT2D eigenvalue weighted by molar-refractivity contribution is 7.15. The van der Waals surface area contributed by atoms with Crippen molar-refractivity contribution in [1.29, 1.82) is 0 Å². The molecular weight excluding hydrogens is 414 g/mol. The SMILES string of the molecule is CCCCOc1ccccc1/C=c1/sc2nc(C3COc4ccccc4O3)nn2c1=O. The molecule has 5 rings (SSSR count). The molecule has 0 amide bonds. The molecule has 0 aliphatic carbocycles. The Hall–Kier alpha value is -3.39. The van der Waals surface area contributed by atoms with Crippen LogP contribution in [-0.2, 0) is 0 Å². The van der Waals surface area contributed by atoms with E-state index in [9.17, 15) is 4.79 Å². The van der Waals surface area contributed by atoms with Crippen LogP contribution >= 0.6 is 11.3 Å². The van der Waals surface area contributed by atoms with Gasteiger partial charge in [0.05, 0.1) is 11.1 Å². The van der Waals surface area contributed by atoms with Gasteiger partial charge in [-0.15, -0.1) is 5.10 Å². The van der Waals surface area contributed by atoms with E-state index in [-0.39, 0.29) is 5.56 Å². The highest BCUT2D eigenvalue weighted by Gasteiger charge is 2.27. The van der Waals surface area contributed by atoms with Crippen LogP contribution < -0.4 is 24.3 Å². The first kappa shape index (κ1) is 19.6. The minimum atomic E-state index is -0.457. The first-order valence-corrected chi connectivity index (χ1v) is 11.1. The number of benzene rings is 2. The van der Waals surface area contributed by atoms with E-state index >= 15 is 0 Å². The first-order valence-electron chi connectivity index (χ1n) is 10.2. The van der Waals surface area contributed by atoms with Gasteiger partial charge in [-0.3, -0.25) is 4.79 Å². The summed E-state index contributed by atoms with van der Waals surface area (Å²) in [7, 11) is 0. The summed E-state index contributed by atoms with van der Waals surface area (Å²) in [6.07, 6.45) is 3.42. The van der Waals surface area contributed by atoms with Crippen molar-refractivity contribution >= 4 is 22.4 Å². The van der Waals surface area contributed by atoms with Crippen molar-refractivity contribution in [2.45, 2.75) is 25.9 Å². The third kappa shape index (κ3) is 3.86. The van der Waals surface area contributed by atoms with Gasteiger partial charge in [-0.2, -0.15) is 9.50 Å². The van der Waals surface area contributed by atoms with E-state index in [4.69, 9.17) is 14.2 Å². The topological polar surface area (TPSA) is 74.9 Å². The lowest BCUT2D eigenvalue weighted by molar-refractivity contribution is 0.0852. The molecule has 1 aliphatic heterocycles. The van der Waals surface area contributed by atoms with E-state index < -0.39 is 6.10 Å². The Morgan fingerprint density at radius 1 is 1.19 bits per heavy atom. The minimum Gasteiger partial charge on any atom is -0.493 e. The molecule has 8 heteroatoms. The summed E-state index contributed by atoms with van der Waals surface area (Å²) in [4.78, 5) is 18.0. The molecule has 0 saturated carbocycles. The number of rotatable bonds is 6. The molecule has 0 radical (unpaired) electrons. The Balaban J connectivity index is 1.44. The summed E-state index contributed by atoms with van der Waals surface area (Å²) in [5.74, 6) is 2.54. The van der Waals surface area contributed by atoms with Crippen molar-refractivity contribution in [2.75, 3.05) is 13.2 Å². The van der Waals surface area contributed by atoms with Crippen LogP contribution in [0.1, 0.15) is 37.3 Å². The molecule has 0 saturated heterocycles. The Labute approximate surface area is 182 Å². The number of nitrogens with zero attached hydrogens (tertiary/aromatic N) is 3. The first-order chi connectivity index (χ1) is 15.2. The highest BCUT2D eigenvalue weighted by Crippen LogP contribution is 2.35. The van der Waals surface area contributed by atoms with Gasteiger partial charge in [0, 0.05) is 5.56 Å². The van der Waals surface area contributed by atoms with E-state index in [0.717, 1.165) is 24.2 Å². The molecule has 31 heavy (non-hydrogen) atoms. The summed E-state index contributed by atoms with van der Waals surface area (Å²) < 4.78 is 19.5. The van der Waals surface area contributed by atoms with Gasteiger partial charge in [0.15, 0.2) is 23.4 Å². The number of para-hydroxylation sites is 3. The molecule has 0 N–H and O–H groups in total. The van der Waals surface area contributed by atoms with Gasteiger partial charge < -0.3 is 14.2 Å². The monoisotopic (exact) mass is 435 g/mol. The van der Waals surface area contributed by atoms with Crippen LogP contribution in [0.4, 0.5) is 0 Å². The predicted molar refractivity (Wildman–Crippen MR) is 118 cm³/mol. The summed E-state index contributed by atoms with van der Waals surface area (Å²) >= 11 is 1.30. The summed E-state index contributed by atoms with van der Waals surface area (Å²) in [5.41, 5.74) is 0.653. The van der Waals surface area contributed by atoms with Crippen LogP contribution in [0.5, 0.6) is 17.2 Å². The number of unbranched alkanes of at least 4 members (excludes halogenated alkanes) is 1. The van der Waals surface area contributed by atoms with Crippen molar-refractivity contribution in [3.8, 4) is 17.2 Å². The van der Waals surface area contributed by atoms with Crippen molar-refractivity contribution in [3.05, 3.63) is 74.8 Å². The van der Waals surface area contributed by atoms with Gasteiger partial charge in [0.2, 0.25) is 4.96 Å². The van der Waals surface area contributed by atoms with Gasteiger partial charge in [0.25, 0.3) is 5.56 Å². The summed E-state index contributed by atoms with van der Waals surface area (Å²) in [6, 6.07) is 15.2. The summed E-state index contributed by atoms with van der Waals surface area (Å²) in [5, 5.41) is 4.40. The maximum absolute atomic E-state index is 12.9. The van der Waals surface area contributed by atoms with Gasteiger partial charge in [-0.1, -0.05) is 55.0 Å². The second-order valence-electron chi connectivity index (χ2n) is 7.18. The second kappa shape index (κ2) is 8.39. The number of aromatic nitrogens is 3. The average molecular weight is 436 g/mol. The van der Waals surface area contributed by atoms with Crippen LogP contribution in [0.2, 0.25) is 0 Å². The molecule has 1 unspecified atom stereocenters. The van der Waals surface area contributed by atoms with Crippen molar-refractivity contribution in [3.63, 3.8) is 0 Å². The van der Waals surface area contributed by atoms with Crippen molar-refractivity contribution in [2.24, 2.45) is 0 Å². The van der Waals surface area contributed by atoms with Crippen LogP contribution in [0.25, 0.3) is 11.0 Å². The quantitative estimate of drug-likeness (QED) is 0.432. The fraction of sp³-hybridized carbons (Fsp3) is 0.261. The zero-order valence-corrected chi connectivity index (χ0v) is 17.8. The van der Waals surface area contributed by atoms with E-state index in [2.05, 4.69) is 17.0 Å². The molecule has 7 nitrogen and oxygen atoms in total. The van der Waals surface area contributed by atoms with Crippen LogP contribution in [0.3, 0.4) is 0 Å². The minimum absolute atomic E-state index is 0.209. The normalized spacial score (nSPS) is 16.0. The Bertz CT molecular complexity index is 1330. The lowest BCUT2D eigenvalue weighted by Gasteiger charge is -2.24. The maximum atomic E-state index is 12.9. The van der Waals surface area contributed by atoms with Gasteiger partial charge in [-0.25, -0.2) is 0 Å². The van der Waals surface area contributed by atoms with E-state index in [1.165, 1.54) is 15.9 Å². The fourth-order valence-corrected chi connectivity index (χ4v) is 4.24. The molecule has 0 spiro atoms. The Morgan fingerprint density at radius 3 is 2.84 bits per heavy atom. The number of thiazole rings is 1. The third-order valence-electron chi connectivity index (χ3n) is 4.96. The second-order valence-corrected chi connectivity index (χ2v) is 8.19. The van der Waals surface area contributed by atoms with Crippen LogP contribution in [-0.4, -0.2) is 27.8 Å². The molecule has 2 aromatic carbocycles. The summed E-state index contributed by atoms with van der Waals surface area (Å²) in [6.45, 7) is 3.07. The number of hydrogen-bond donors (Lipinski definition) is 0. The third-order valence-corrected chi connectivity index (χ3v) is 5.92. The van der Waals surface area contributed by atoms with E-state index in [0.29, 0.717) is 40.0 Å². The van der Waals surface area contributed by atoms with Gasteiger partial charge in [-0.05, 0) is 30.7 Å². The standard InChI is InChI=1S/C23H21N3O4S/c1-2-3-12-28-16-9-5-4-8-15(16)13-20-22(27)26-23(31-20)24-21(25-26)19-14-29-17-10-6-7-11-18(17)30-19/h4-11,13,19H,2-3,12,14H2,1H3/b20-13+. The molecule has 0 bridgehead atoms. The Kier molecular flexibility index (Phi) is 5.30. The van der Waals surface area contributed by atoms with Crippen molar-refractivity contribution < 1.29 is 14.2 Å². The number of ether oxygens (including phenoxy) is 3.